The molecule has 0 atom stereocenters. The third-order valence-corrected chi connectivity index (χ3v) is 6.72. The van der Waals surface area contributed by atoms with Crippen molar-refractivity contribution in [2.45, 2.75) is 24.7 Å². The molecule has 2 aromatic rings. The van der Waals surface area contributed by atoms with E-state index in [2.05, 4.69) is 39.1 Å². The third kappa shape index (κ3) is 4.66. The van der Waals surface area contributed by atoms with Gasteiger partial charge in [-0.3, -0.25) is 4.79 Å². The number of benzene rings is 1. The van der Waals surface area contributed by atoms with Crippen LogP contribution in [-0.2, 0) is 0 Å². The first-order valence-electron chi connectivity index (χ1n) is 10.4. The van der Waals surface area contributed by atoms with E-state index >= 15 is 0 Å². The van der Waals surface area contributed by atoms with E-state index in [1.165, 1.54) is 17.7 Å². The minimum atomic E-state index is 0.109. The lowest BCUT2D eigenvalue weighted by molar-refractivity contribution is 0.0746. The van der Waals surface area contributed by atoms with Crippen molar-refractivity contribution in [3.05, 3.63) is 42.0 Å². The van der Waals surface area contributed by atoms with Crippen LogP contribution < -0.4 is 9.80 Å². The number of piperidine rings is 1. The van der Waals surface area contributed by atoms with Gasteiger partial charge in [-0.1, -0.05) is 6.92 Å². The lowest BCUT2D eigenvalue weighted by atomic mass is 9.99. The van der Waals surface area contributed by atoms with Gasteiger partial charge in [-0.25, -0.2) is 0 Å². The Morgan fingerprint density at radius 2 is 1.41 bits per heavy atom. The quantitative estimate of drug-likeness (QED) is 0.719. The standard InChI is InChI=1S/C22H29N5OS/c1-17-9-11-25(12-10-17)20-7-8-21(24-23-20)26-13-15-27(16-14-26)22(28)18-3-5-19(29-2)6-4-18/h3-8,17H,9-16H2,1-2H3. The molecule has 0 N–H and O–H groups in total. The molecule has 29 heavy (non-hydrogen) atoms. The Hall–Kier alpha value is -2.28. The maximum absolute atomic E-state index is 12.8. The van der Waals surface area contributed by atoms with Crippen molar-refractivity contribution in [1.82, 2.24) is 15.1 Å². The Kier molecular flexibility index (Phi) is 6.23. The van der Waals surface area contributed by atoms with Crippen molar-refractivity contribution in [3.63, 3.8) is 0 Å². The molecule has 0 bridgehead atoms. The van der Waals surface area contributed by atoms with Gasteiger partial charge in [-0.2, -0.15) is 0 Å². The Bertz CT molecular complexity index is 810. The van der Waals surface area contributed by atoms with Crippen LogP contribution in [0.2, 0.25) is 0 Å². The van der Waals surface area contributed by atoms with Crippen LogP contribution in [0.15, 0.2) is 41.3 Å². The average molecular weight is 412 g/mol. The number of hydrogen-bond donors (Lipinski definition) is 0. The van der Waals surface area contributed by atoms with Gasteiger partial charge in [0.2, 0.25) is 0 Å². The molecule has 3 heterocycles. The smallest absolute Gasteiger partial charge is 0.253 e. The van der Waals surface area contributed by atoms with Gasteiger partial charge < -0.3 is 14.7 Å². The highest BCUT2D eigenvalue weighted by molar-refractivity contribution is 7.98. The lowest BCUT2D eigenvalue weighted by Crippen LogP contribution is -2.49. The van der Waals surface area contributed by atoms with Gasteiger partial charge in [0, 0.05) is 49.7 Å². The van der Waals surface area contributed by atoms with Gasteiger partial charge in [0.1, 0.15) is 0 Å². The zero-order chi connectivity index (χ0) is 20.2. The normalized spacial score (nSPS) is 18.2. The summed E-state index contributed by atoms with van der Waals surface area (Å²) in [4.78, 5) is 20.4. The molecule has 7 heteroatoms. The van der Waals surface area contributed by atoms with E-state index in [0.717, 1.165) is 49.3 Å². The van der Waals surface area contributed by atoms with Crippen LogP contribution in [0.1, 0.15) is 30.1 Å². The molecule has 2 saturated heterocycles. The number of amides is 1. The molecule has 4 rings (SSSR count). The van der Waals surface area contributed by atoms with Crippen molar-refractivity contribution < 1.29 is 4.79 Å². The summed E-state index contributed by atoms with van der Waals surface area (Å²) in [7, 11) is 0. The van der Waals surface area contributed by atoms with Gasteiger partial charge in [0.25, 0.3) is 5.91 Å². The fraction of sp³-hybridized carbons (Fsp3) is 0.500. The molecular formula is C22H29N5OS. The summed E-state index contributed by atoms with van der Waals surface area (Å²) in [5.74, 6) is 2.79. The molecule has 0 unspecified atom stereocenters. The van der Waals surface area contributed by atoms with Crippen LogP contribution in [-0.4, -0.2) is 66.5 Å². The highest BCUT2D eigenvalue weighted by Crippen LogP contribution is 2.23. The first kappa shape index (κ1) is 20.0. The lowest BCUT2D eigenvalue weighted by Gasteiger charge is -2.35. The Labute approximate surface area is 177 Å². The van der Waals surface area contributed by atoms with Crippen LogP contribution in [0, 0.1) is 5.92 Å². The number of nitrogens with zero attached hydrogens (tertiary/aromatic N) is 5. The summed E-state index contributed by atoms with van der Waals surface area (Å²) in [5.41, 5.74) is 0.760. The van der Waals surface area contributed by atoms with Crippen molar-refractivity contribution >= 4 is 29.3 Å². The predicted molar refractivity (Wildman–Crippen MR) is 119 cm³/mol. The van der Waals surface area contributed by atoms with Gasteiger partial charge in [0.15, 0.2) is 11.6 Å². The minimum absolute atomic E-state index is 0.109. The number of anilines is 2. The van der Waals surface area contributed by atoms with E-state index in [9.17, 15) is 4.79 Å². The van der Waals surface area contributed by atoms with E-state index in [4.69, 9.17) is 0 Å². The van der Waals surface area contributed by atoms with Crippen molar-refractivity contribution in [2.75, 3.05) is 55.3 Å². The van der Waals surface area contributed by atoms with E-state index in [-0.39, 0.29) is 5.91 Å². The molecule has 0 saturated carbocycles. The molecule has 0 radical (unpaired) electrons. The number of carbonyl (C=O) groups is 1. The van der Waals surface area contributed by atoms with Crippen molar-refractivity contribution in [1.29, 1.82) is 0 Å². The molecule has 6 nitrogen and oxygen atoms in total. The van der Waals surface area contributed by atoms with Gasteiger partial charge in [-0.05, 0) is 61.4 Å². The van der Waals surface area contributed by atoms with Crippen LogP contribution in [0.4, 0.5) is 11.6 Å². The molecule has 154 valence electrons. The van der Waals surface area contributed by atoms with Crippen LogP contribution in [0.3, 0.4) is 0 Å². The van der Waals surface area contributed by atoms with E-state index < -0.39 is 0 Å². The van der Waals surface area contributed by atoms with E-state index in [1.54, 1.807) is 11.8 Å². The van der Waals surface area contributed by atoms with Gasteiger partial charge in [-0.15, -0.1) is 22.0 Å². The zero-order valence-electron chi connectivity index (χ0n) is 17.3. The minimum Gasteiger partial charge on any atom is -0.355 e. The Balaban J connectivity index is 1.32. The Morgan fingerprint density at radius 3 is 1.93 bits per heavy atom. The first-order valence-corrected chi connectivity index (χ1v) is 11.6. The second-order valence-electron chi connectivity index (χ2n) is 7.93. The summed E-state index contributed by atoms with van der Waals surface area (Å²) < 4.78 is 0. The molecule has 1 aromatic heterocycles. The molecule has 0 aliphatic carbocycles. The third-order valence-electron chi connectivity index (χ3n) is 5.97. The topological polar surface area (TPSA) is 52.6 Å². The van der Waals surface area contributed by atoms with Gasteiger partial charge >= 0.3 is 0 Å². The molecule has 2 aliphatic heterocycles. The fourth-order valence-corrected chi connectivity index (χ4v) is 4.36. The maximum Gasteiger partial charge on any atom is 0.253 e. The number of rotatable bonds is 4. The summed E-state index contributed by atoms with van der Waals surface area (Å²) in [6, 6.07) is 12.0. The Morgan fingerprint density at radius 1 is 0.862 bits per heavy atom. The highest BCUT2D eigenvalue weighted by Gasteiger charge is 2.23. The molecule has 0 spiro atoms. The number of thioether (sulfide) groups is 1. The van der Waals surface area contributed by atoms with Crippen LogP contribution in [0.25, 0.3) is 0 Å². The first-order chi connectivity index (χ1) is 14.1. The van der Waals surface area contributed by atoms with Crippen LogP contribution in [0.5, 0.6) is 0 Å². The molecular weight excluding hydrogens is 382 g/mol. The average Bonchev–Trinajstić information content (AvgIpc) is 2.79. The monoisotopic (exact) mass is 411 g/mol. The SMILES string of the molecule is CSc1ccc(C(=O)N2CCN(c3ccc(N4CCC(C)CC4)nn3)CC2)cc1. The number of hydrogen-bond acceptors (Lipinski definition) is 6. The number of carbonyl (C=O) groups excluding carboxylic acids is 1. The van der Waals surface area contributed by atoms with Crippen molar-refractivity contribution in [3.8, 4) is 0 Å². The second kappa shape index (κ2) is 9.03. The highest BCUT2D eigenvalue weighted by atomic mass is 32.2. The summed E-state index contributed by atoms with van der Waals surface area (Å²) in [5, 5.41) is 8.94. The predicted octanol–water partition coefficient (Wildman–Crippen LogP) is 3.40. The van der Waals surface area contributed by atoms with E-state index in [0.29, 0.717) is 13.1 Å². The van der Waals surface area contributed by atoms with E-state index in [1.807, 2.05) is 35.4 Å². The molecule has 2 fully saturated rings. The largest absolute Gasteiger partial charge is 0.355 e. The summed E-state index contributed by atoms with van der Waals surface area (Å²) in [6.45, 7) is 7.42. The number of aromatic nitrogens is 2. The summed E-state index contributed by atoms with van der Waals surface area (Å²) in [6.07, 6.45) is 4.48. The molecule has 1 aromatic carbocycles. The fourth-order valence-electron chi connectivity index (χ4n) is 3.95. The second-order valence-corrected chi connectivity index (χ2v) is 8.81. The molecule has 2 aliphatic rings. The maximum atomic E-state index is 12.8. The van der Waals surface area contributed by atoms with Crippen molar-refractivity contribution in [2.24, 2.45) is 5.92 Å². The summed E-state index contributed by atoms with van der Waals surface area (Å²) >= 11 is 1.69. The van der Waals surface area contributed by atoms with Crippen LogP contribution >= 0.6 is 11.8 Å². The number of piperazine rings is 1. The zero-order valence-corrected chi connectivity index (χ0v) is 18.1. The van der Waals surface area contributed by atoms with Gasteiger partial charge in [0.05, 0.1) is 0 Å². The molecule has 1 amide bonds.